The second-order valence-electron chi connectivity index (χ2n) is 3.27. The molecule has 1 rings (SSSR count). The number of esters is 1. The Kier molecular flexibility index (Phi) is 2.22. The molecule has 0 N–H and O–H groups in total. The molecule has 0 aliphatic carbocycles. The van der Waals surface area contributed by atoms with E-state index in [0.717, 1.165) is 0 Å². The van der Waals surface area contributed by atoms with Crippen LogP contribution in [0.25, 0.3) is 0 Å². The quantitative estimate of drug-likeness (QED) is 0.457. The van der Waals surface area contributed by atoms with E-state index in [9.17, 15) is 9.59 Å². The number of rotatable bonds is 2. The smallest absolute Gasteiger partial charge is 0.319 e. The lowest BCUT2D eigenvalue weighted by molar-refractivity contribution is -0.150. The predicted molar refractivity (Wildman–Crippen MR) is 43.2 cm³/mol. The highest BCUT2D eigenvalue weighted by molar-refractivity contribution is 6.04. The summed E-state index contributed by atoms with van der Waals surface area (Å²) in [4.78, 5) is 22.6. The maximum atomic E-state index is 11.4. The summed E-state index contributed by atoms with van der Waals surface area (Å²) in [5.74, 6) is -0.739. The molecule has 1 heterocycles. The molecule has 0 unspecified atom stereocenters. The fraction of sp³-hybridized carbons (Fsp3) is 0.667. The van der Waals surface area contributed by atoms with E-state index in [4.69, 9.17) is 4.74 Å². The number of Topliss-reactive ketones (excluding diaryl/α,β-unsaturated/α-hetero) is 1. The summed E-state index contributed by atoms with van der Waals surface area (Å²) in [5, 5.41) is 0. The van der Waals surface area contributed by atoms with E-state index in [2.05, 4.69) is 6.92 Å². The fourth-order valence-electron chi connectivity index (χ4n) is 1.37. The van der Waals surface area contributed by atoms with Crippen LogP contribution in [0.15, 0.2) is 0 Å². The average molecular weight is 169 g/mol. The van der Waals surface area contributed by atoms with Crippen molar-refractivity contribution in [2.75, 3.05) is 6.61 Å². The summed E-state index contributed by atoms with van der Waals surface area (Å²) in [6, 6.07) is 0. The molecule has 3 nitrogen and oxygen atoms in total. The minimum Gasteiger partial charge on any atom is -0.465 e. The number of carbonyl (C=O) groups excluding carboxylic acids is 2. The molecule has 3 heteroatoms. The van der Waals surface area contributed by atoms with E-state index in [1.165, 1.54) is 0 Å². The third-order valence-corrected chi connectivity index (χ3v) is 2.56. The second kappa shape index (κ2) is 2.88. The van der Waals surface area contributed by atoms with Crippen LogP contribution in [0.2, 0.25) is 0 Å². The van der Waals surface area contributed by atoms with Crippen molar-refractivity contribution in [1.29, 1.82) is 0 Å². The number of hydrogen-bond acceptors (Lipinski definition) is 3. The standard InChI is InChI=1S/C9H13O3/c1-4-7(10)9(3)6(2)5-12-8(9)11/h6H,2,4-5H2,1,3H3/t6-,9-/m1/s1. The Morgan fingerprint density at radius 3 is 2.75 bits per heavy atom. The Morgan fingerprint density at radius 1 is 1.83 bits per heavy atom. The first kappa shape index (κ1) is 9.23. The van der Waals surface area contributed by atoms with Gasteiger partial charge in [-0.3, -0.25) is 9.59 Å². The number of ketones is 1. The van der Waals surface area contributed by atoms with Crippen LogP contribution in [0.5, 0.6) is 0 Å². The first-order valence-electron chi connectivity index (χ1n) is 4.07. The monoisotopic (exact) mass is 169 g/mol. The fourth-order valence-corrected chi connectivity index (χ4v) is 1.37. The maximum Gasteiger partial charge on any atom is 0.319 e. The first-order valence-corrected chi connectivity index (χ1v) is 4.07. The highest BCUT2D eigenvalue weighted by atomic mass is 16.5. The molecule has 0 bridgehead atoms. The summed E-state index contributed by atoms with van der Waals surface area (Å²) >= 11 is 0. The van der Waals surface area contributed by atoms with Crippen LogP contribution in [0.4, 0.5) is 0 Å². The number of ether oxygens (including phenoxy) is 1. The van der Waals surface area contributed by atoms with E-state index in [0.29, 0.717) is 6.42 Å². The molecule has 1 saturated heterocycles. The highest BCUT2D eigenvalue weighted by Gasteiger charge is 2.50. The van der Waals surface area contributed by atoms with Gasteiger partial charge in [-0.05, 0) is 13.8 Å². The van der Waals surface area contributed by atoms with Gasteiger partial charge in [-0.15, -0.1) is 0 Å². The van der Waals surface area contributed by atoms with Crippen LogP contribution in [-0.2, 0) is 14.3 Å². The zero-order valence-electron chi connectivity index (χ0n) is 7.42. The minimum absolute atomic E-state index is 0.0787. The van der Waals surface area contributed by atoms with Crippen LogP contribution in [0.1, 0.15) is 20.3 Å². The normalized spacial score (nSPS) is 34.9. The van der Waals surface area contributed by atoms with Gasteiger partial charge in [-0.1, -0.05) is 6.92 Å². The molecule has 67 valence electrons. The van der Waals surface area contributed by atoms with Gasteiger partial charge in [0.2, 0.25) is 0 Å². The SMILES string of the molecule is [CH2][C@@H]1COC(=O)[C@@]1(C)C(=O)CC. The summed E-state index contributed by atoms with van der Waals surface area (Å²) < 4.78 is 4.78. The second-order valence-corrected chi connectivity index (χ2v) is 3.27. The predicted octanol–water partition coefficient (Wildman–Crippen LogP) is 0.979. The largest absolute Gasteiger partial charge is 0.465 e. The van der Waals surface area contributed by atoms with Crippen molar-refractivity contribution in [3.63, 3.8) is 0 Å². The van der Waals surface area contributed by atoms with E-state index in [-0.39, 0.29) is 18.3 Å². The molecule has 0 aromatic heterocycles. The highest BCUT2D eigenvalue weighted by Crippen LogP contribution is 2.36. The summed E-state index contributed by atoms with van der Waals surface area (Å²) in [6.07, 6.45) is 0.359. The maximum absolute atomic E-state index is 11.4. The van der Waals surface area contributed by atoms with Crippen molar-refractivity contribution in [2.45, 2.75) is 20.3 Å². The van der Waals surface area contributed by atoms with Crippen molar-refractivity contribution >= 4 is 11.8 Å². The van der Waals surface area contributed by atoms with Gasteiger partial charge in [0.05, 0.1) is 6.61 Å². The lowest BCUT2D eigenvalue weighted by Crippen LogP contribution is -2.37. The van der Waals surface area contributed by atoms with Gasteiger partial charge in [-0.25, -0.2) is 0 Å². The van der Waals surface area contributed by atoms with E-state index >= 15 is 0 Å². The van der Waals surface area contributed by atoms with E-state index in [1.54, 1.807) is 13.8 Å². The summed E-state index contributed by atoms with van der Waals surface area (Å²) in [6.45, 7) is 7.37. The lowest BCUT2D eigenvalue weighted by atomic mass is 9.76. The third-order valence-electron chi connectivity index (χ3n) is 2.56. The van der Waals surface area contributed by atoms with Crippen molar-refractivity contribution in [3.05, 3.63) is 6.92 Å². The molecule has 1 aliphatic heterocycles. The average Bonchev–Trinajstić information content (AvgIpc) is 2.32. The molecule has 0 aromatic carbocycles. The van der Waals surface area contributed by atoms with Gasteiger partial charge in [-0.2, -0.15) is 0 Å². The molecule has 1 fully saturated rings. The number of cyclic esters (lactones) is 1. The molecule has 0 saturated carbocycles. The minimum atomic E-state index is -0.991. The molecule has 1 aliphatic rings. The van der Waals surface area contributed by atoms with Crippen molar-refractivity contribution in [3.8, 4) is 0 Å². The Balaban J connectivity index is 2.94. The van der Waals surface area contributed by atoms with Gasteiger partial charge in [0, 0.05) is 12.3 Å². The summed E-state index contributed by atoms with van der Waals surface area (Å²) in [7, 11) is 0. The van der Waals surface area contributed by atoms with E-state index < -0.39 is 11.4 Å². The lowest BCUT2D eigenvalue weighted by Gasteiger charge is -2.20. The molecule has 0 aromatic rings. The topological polar surface area (TPSA) is 43.4 Å². The van der Waals surface area contributed by atoms with Crippen molar-refractivity contribution in [1.82, 2.24) is 0 Å². The Morgan fingerprint density at radius 2 is 2.42 bits per heavy atom. The van der Waals surface area contributed by atoms with E-state index in [1.807, 2.05) is 0 Å². The van der Waals surface area contributed by atoms with Crippen LogP contribution in [0, 0.1) is 18.3 Å². The Bertz CT molecular complexity index is 222. The first-order chi connectivity index (χ1) is 5.53. The molecule has 12 heavy (non-hydrogen) atoms. The zero-order chi connectivity index (χ0) is 9.35. The van der Waals surface area contributed by atoms with Gasteiger partial charge >= 0.3 is 5.97 Å². The molecule has 0 spiro atoms. The third kappa shape index (κ3) is 1.04. The molecule has 0 amide bonds. The Labute approximate surface area is 72.1 Å². The summed E-state index contributed by atoms with van der Waals surface area (Å²) in [5.41, 5.74) is -0.991. The van der Waals surface area contributed by atoms with Gasteiger partial charge in [0.15, 0.2) is 0 Å². The zero-order valence-corrected chi connectivity index (χ0v) is 7.42. The molecule has 2 atom stereocenters. The van der Waals surface area contributed by atoms with Crippen LogP contribution >= 0.6 is 0 Å². The van der Waals surface area contributed by atoms with Crippen molar-refractivity contribution < 1.29 is 14.3 Å². The Hall–Kier alpha value is -0.860. The van der Waals surface area contributed by atoms with Gasteiger partial charge in [0.25, 0.3) is 0 Å². The number of carbonyl (C=O) groups is 2. The molecular weight excluding hydrogens is 156 g/mol. The van der Waals surface area contributed by atoms with Gasteiger partial charge < -0.3 is 4.74 Å². The van der Waals surface area contributed by atoms with Crippen molar-refractivity contribution in [2.24, 2.45) is 11.3 Å². The van der Waals surface area contributed by atoms with Crippen LogP contribution < -0.4 is 0 Å². The van der Waals surface area contributed by atoms with Crippen LogP contribution in [-0.4, -0.2) is 18.4 Å². The number of hydrogen-bond donors (Lipinski definition) is 0. The van der Waals surface area contributed by atoms with Crippen LogP contribution in [0.3, 0.4) is 0 Å². The molecule has 1 radical (unpaired) electrons. The molecular formula is C9H13O3. The van der Waals surface area contributed by atoms with Gasteiger partial charge in [0.1, 0.15) is 11.2 Å².